The van der Waals surface area contributed by atoms with Gasteiger partial charge in [0.1, 0.15) is 10.6 Å². The molecule has 0 aromatic heterocycles. The van der Waals surface area contributed by atoms with Crippen molar-refractivity contribution in [3.05, 3.63) is 54.1 Å². The number of anilines is 1. The van der Waals surface area contributed by atoms with E-state index in [0.717, 1.165) is 17.8 Å². The summed E-state index contributed by atoms with van der Waals surface area (Å²) in [6.45, 7) is 4.63. The lowest BCUT2D eigenvalue weighted by molar-refractivity contribution is 0.486. The minimum atomic E-state index is -3.79. The molecular formula is C15H17NO3S. The summed E-state index contributed by atoms with van der Waals surface area (Å²) in [6, 6.07) is 13.4. The summed E-state index contributed by atoms with van der Waals surface area (Å²) in [5, 5.41) is 3.11. The second-order valence-corrected chi connectivity index (χ2v) is 5.95. The molecule has 0 saturated heterocycles. The van der Waals surface area contributed by atoms with Crippen molar-refractivity contribution in [2.75, 3.05) is 11.9 Å². The first-order valence-corrected chi connectivity index (χ1v) is 7.77. The average Bonchev–Trinajstić information content (AvgIpc) is 2.39. The monoisotopic (exact) mass is 291 g/mol. The van der Waals surface area contributed by atoms with Crippen LogP contribution in [0.2, 0.25) is 0 Å². The summed E-state index contributed by atoms with van der Waals surface area (Å²) in [6.07, 6.45) is 0. The van der Waals surface area contributed by atoms with E-state index in [2.05, 4.69) is 5.32 Å². The molecule has 0 atom stereocenters. The van der Waals surface area contributed by atoms with Crippen molar-refractivity contribution in [3.8, 4) is 5.75 Å². The van der Waals surface area contributed by atoms with Gasteiger partial charge in [-0.15, -0.1) is 0 Å². The quantitative estimate of drug-likeness (QED) is 0.860. The molecule has 0 spiro atoms. The molecule has 0 saturated carbocycles. The Hall–Kier alpha value is -2.01. The highest BCUT2D eigenvalue weighted by atomic mass is 32.2. The van der Waals surface area contributed by atoms with Gasteiger partial charge in [0, 0.05) is 18.3 Å². The number of hydrogen-bond acceptors (Lipinski definition) is 4. The Bertz CT molecular complexity index is 679. The predicted molar refractivity (Wildman–Crippen MR) is 79.6 cm³/mol. The van der Waals surface area contributed by atoms with Gasteiger partial charge in [-0.3, -0.25) is 0 Å². The van der Waals surface area contributed by atoms with Crippen molar-refractivity contribution in [2.45, 2.75) is 18.7 Å². The van der Waals surface area contributed by atoms with Crippen LogP contribution in [0.15, 0.2) is 53.4 Å². The zero-order valence-electron chi connectivity index (χ0n) is 11.5. The molecule has 0 aliphatic carbocycles. The molecule has 0 heterocycles. The fourth-order valence-electron chi connectivity index (χ4n) is 1.74. The van der Waals surface area contributed by atoms with Crippen LogP contribution in [0.1, 0.15) is 12.5 Å². The first kappa shape index (κ1) is 14.4. The van der Waals surface area contributed by atoms with Crippen molar-refractivity contribution in [2.24, 2.45) is 0 Å². The summed E-state index contributed by atoms with van der Waals surface area (Å²) >= 11 is 0. The summed E-state index contributed by atoms with van der Waals surface area (Å²) in [5.41, 5.74) is 1.82. The summed E-state index contributed by atoms with van der Waals surface area (Å²) in [4.78, 5) is 0.150. The first-order chi connectivity index (χ1) is 9.51. The van der Waals surface area contributed by atoms with E-state index in [9.17, 15) is 8.42 Å². The van der Waals surface area contributed by atoms with Gasteiger partial charge in [-0.05, 0) is 38.1 Å². The minimum Gasteiger partial charge on any atom is -0.385 e. The van der Waals surface area contributed by atoms with E-state index in [1.807, 2.05) is 19.9 Å². The maximum atomic E-state index is 12.1. The van der Waals surface area contributed by atoms with Crippen molar-refractivity contribution in [1.82, 2.24) is 0 Å². The molecule has 20 heavy (non-hydrogen) atoms. The van der Waals surface area contributed by atoms with Gasteiger partial charge in [-0.2, -0.15) is 8.42 Å². The van der Waals surface area contributed by atoms with E-state index in [1.54, 1.807) is 42.5 Å². The van der Waals surface area contributed by atoms with Crippen LogP contribution < -0.4 is 9.50 Å². The smallest absolute Gasteiger partial charge is 0.339 e. The highest BCUT2D eigenvalue weighted by Crippen LogP contribution is 2.22. The number of nitrogens with one attached hydrogen (secondary N) is 1. The molecular weight excluding hydrogens is 274 g/mol. The Kier molecular flexibility index (Phi) is 4.29. The van der Waals surface area contributed by atoms with E-state index in [-0.39, 0.29) is 4.90 Å². The van der Waals surface area contributed by atoms with Crippen molar-refractivity contribution in [3.63, 3.8) is 0 Å². The molecule has 0 aliphatic rings. The van der Waals surface area contributed by atoms with Crippen LogP contribution in [-0.2, 0) is 10.1 Å². The van der Waals surface area contributed by atoms with Gasteiger partial charge in [0.15, 0.2) is 0 Å². The first-order valence-electron chi connectivity index (χ1n) is 6.36. The lowest BCUT2D eigenvalue weighted by Crippen LogP contribution is -2.10. The number of rotatable bonds is 5. The van der Waals surface area contributed by atoms with Gasteiger partial charge >= 0.3 is 10.1 Å². The lowest BCUT2D eigenvalue weighted by atomic mass is 10.2. The Balaban J connectivity index is 2.24. The molecule has 0 bridgehead atoms. The zero-order valence-corrected chi connectivity index (χ0v) is 12.3. The second kappa shape index (κ2) is 5.96. The van der Waals surface area contributed by atoms with Crippen LogP contribution in [0.5, 0.6) is 5.75 Å². The molecule has 0 aliphatic heterocycles. The van der Waals surface area contributed by atoms with Gasteiger partial charge in [-0.1, -0.05) is 23.8 Å². The van der Waals surface area contributed by atoms with E-state index in [0.29, 0.717) is 5.75 Å². The molecule has 0 amide bonds. The fraction of sp³-hybridized carbons (Fsp3) is 0.200. The van der Waals surface area contributed by atoms with Crippen molar-refractivity contribution >= 4 is 15.8 Å². The minimum absolute atomic E-state index is 0.150. The third-order valence-electron chi connectivity index (χ3n) is 2.73. The Morgan fingerprint density at radius 1 is 1.10 bits per heavy atom. The van der Waals surface area contributed by atoms with Gasteiger partial charge in [0.2, 0.25) is 0 Å². The Labute approximate surface area is 119 Å². The molecule has 0 fully saturated rings. The van der Waals surface area contributed by atoms with E-state index in [4.69, 9.17) is 4.18 Å². The normalized spacial score (nSPS) is 11.1. The largest absolute Gasteiger partial charge is 0.385 e. The molecule has 2 rings (SSSR count). The molecule has 5 heteroatoms. The summed E-state index contributed by atoms with van der Waals surface area (Å²) in [5.74, 6) is 0.295. The van der Waals surface area contributed by atoms with Gasteiger partial charge in [0.25, 0.3) is 0 Å². The van der Waals surface area contributed by atoms with E-state index < -0.39 is 10.1 Å². The van der Waals surface area contributed by atoms with Crippen LogP contribution in [0.3, 0.4) is 0 Å². The number of aryl methyl sites for hydroxylation is 1. The predicted octanol–water partition coefficient (Wildman–Crippen LogP) is 3.19. The van der Waals surface area contributed by atoms with Crippen LogP contribution in [-0.4, -0.2) is 15.0 Å². The van der Waals surface area contributed by atoms with Crippen molar-refractivity contribution < 1.29 is 12.6 Å². The van der Waals surface area contributed by atoms with Crippen LogP contribution in [0, 0.1) is 6.92 Å². The van der Waals surface area contributed by atoms with Crippen LogP contribution in [0.4, 0.5) is 5.69 Å². The number of hydrogen-bond donors (Lipinski definition) is 1. The third kappa shape index (κ3) is 3.51. The van der Waals surface area contributed by atoms with Crippen LogP contribution >= 0.6 is 0 Å². The fourth-order valence-corrected chi connectivity index (χ4v) is 2.66. The molecule has 2 aromatic carbocycles. The summed E-state index contributed by atoms with van der Waals surface area (Å²) in [7, 11) is -3.79. The van der Waals surface area contributed by atoms with Gasteiger partial charge in [-0.25, -0.2) is 0 Å². The average molecular weight is 291 g/mol. The standard InChI is InChI=1S/C15H17NO3S/c1-3-16-13-5-4-6-14(11-13)19-20(17,18)15-9-7-12(2)8-10-15/h4-11,16H,3H2,1-2H3. The SMILES string of the molecule is CCNc1cccc(OS(=O)(=O)c2ccc(C)cc2)c1. The zero-order chi connectivity index (χ0) is 14.6. The molecule has 106 valence electrons. The lowest BCUT2D eigenvalue weighted by Gasteiger charge is -2.09. The topological polar surface area (TPSA) is 55.4 Å². The van der Waals surface area contributed by atoms with Crippen molar-refractivity contribution in [1.29, 1.82) is 0 Å². The maximum Gasteiger partial charge on any atom is 0.339 e. The third-order valence-corrected chi connectivity index (χ3v) is 3.99. The maximum absolute atomic E-state index is 12.1. The molecule has 4 nitrogen and oxygen atoms in total. The Morgan fingerprint density at radius 2 is 1.80 bits per heavy atom. The Morgan fingerprint density at radius 3 is 2.45 bits per heavy atom. The highest BCUT2D eigenvalue weighted by molar-refractivity contribution is 7.87. The highest BCUT2D eigenvalue weighted by Gasteiger charge is 2.16. The molecule has 2 aromatic rings. The molecule has 0 unspecified atom stereocenters. The number of benzene rings is 2. The molecule has 1 N–H and O–H groups in total. The second-order valence-electron chi connectivity index (χ2n) is 4.41. The summed E-state index contributed by atoms with van der Waals surface area (Å²) < 4.78 is 29.4. The van der Waals surface area contributed by atoms with Gasteiger partial charge < -0.3 is 9.50 Å². The van der Waals surface area contributed by atoms with E-state index in [1.165, 1.54) is 0 Å². The molecule has 0 radical (unpaired) electrons. The van der Waals surface area contributed by atoms with Crippen LogP contribution in [0.25, 0.3) is 0 Å². The van der Waals surface area contributed by atoms with E-state index >= 15 is 0 Å². The van der Waals surface area contributed by atoms with Gasteiger partial charge in [0.05, 0.1) is 0 Å².